The zero-order valence-electron chi connectivity index (χ0n) is 13.7. The Morgan fingerprint density at radius 1 is 1.24 bits per heavy atom. The lowest BCUT2D eigenvalue weighted by atomic mass is 10.1. The van der Waals surface area contributed by atoms with Crippen LogP contribution in [0.15, 0.2) is 33.9 Å². The van der Waals surface area contributed by atoms with Crippen LogP contribution in [0.3, 0.4) is 0 Å². The smallest absolute Gasteiger partial charge is 0.396 e. The largest absolute Gasteiger partial charge is 0.416 e. The van der Waals surface area contributed by atoms with Gasteiger partial charge in [-0.05, 0) is 19.1 Å². The zero-order chi connectivity index (χ0) is 18.3. The third-order valence-electron chi connectivity index (χ3n) is 3.10. The molecule has 1 heterocycles. The fraction of sp³-hybridized carbons (Fsp3) is 0.375. The number of oxime groups is 1. The quantitative estimate of drug-likeness (QED) is 0.310. The van der Waals surface area contributed by atoms with Gasteiger partial charge in [0.05, 0.1) is 23.9 Å². The van der Waals surface area contributed by atoms with E-state index in [4.69, 9.17) is 18.8 Å². The van der Waals surface area contributed by atoms with Gasteiger partial charge in [0, 0.05) is 12.7 Å². The molecule has 0 aliphatic rings. The first-order valence-electron chi connectivity index (χ1n) is 7.35. The monoisotopic (exact) mass is 358 g/mol. The molecule has 1 aromatic heterocycles. The van der Waals surface area contributed by atoms with Gasteiger partial charge in [0.1, 0.15) is 19.1 Å². The average Bonchev–Trinajstić information content (AvgIpc) is 2.98. The first-order valence-corrected chi connectivity index (χ1v) is 7.35. The van der Waals surface area contributed by atoms with Crippen molar-refractivity contribution in [3.63, 3.8) is 0 Å². The Morgan fingerprint density at radius 2 is 1.96 bits per heavy atom. The molecule has 0 spiro atoms. The van der Waals surface area contributed by atoms with E-state index in [0.29, 0.717) is 23.4 Å². The van der Waals surface area contributed by atoms with E-state index >= 15 is 0 Å². The summed E-state index contributed by atoms with van der Waals surface area (Å²) in [6.07, 6.45) is -3.02. The Labute approximate surface area is 142 Å². The van der Waals surface area contributed by atoms with Gasteiger partial charge in [0.2, 0.25) is 0 Å². The van der Waals surface area contributed by atoms with Crippen molar-refractivity contribution in [2.75, 3.05) is 20.5 Å². The van der Waals surface area contributed by atoms with Crippen molar-refractivity contribution < 1.29 is 32.0 Å². The molecule has 9 heteroatoms. The number of methoxy groups -OCH3 is 1. The Bertz CT molecular complexity index is 696. The molecule has 2 rings (SSSR count). The van der Waals surface area contributed by atoms with E-state index < -0.39 is 11.7 Å². The first kappa shape index (κ1) is 18.9. The van der Waals surface area contributed by atoms with Gasteiger partial charge in [-0.15, -0.1) is 0 Å². The molecule has 0 bridgehead atoms. The Kier molecular flexibility index (Phi) is 6.54. The molecular weight excluding hydrogens is 341 g/mol. The maximum Gasteiger partial charge on any atom is 0.416 e. The fourth-order valence-electron chi connectivity index (χ4n) is 1.97. The topological polar surface area (TPSA) is 66.1 Å². The number of hydrogen-bond acceptors (Lipinski definition) is 6. The standard InChI is InChI=1S/C16H17F3N2O4/c1-3-24-20-8-13-14(9-23-10-22-2)21-25-15(13)11-4-6-12(7-5-11)16(17,18)19/h4-8H,3,9-10H2,1-2H3/b20-8-. The Morgan fingerprint density at radius 3 is 2.56 bits per heavy atom. The van der Waals surface area contributed by atoms with Crippen LogP contribution in [0.25, 0.3) is 11.3 Å². The molecule has 25 heavy (non-hydrogen) atoms. The van der Waals surface area contributed by atoms with Gasteiger partial charge in [-0.25, -0.2) is 0 Å². The van der Waals surface area contributed by atoms with Crippen LogP contribution in [0, 0.1) is 0 Å². The van der Waals surface area contributed by atoms with E-state index in [1.807, 2.05) is 0 Å². The summed E-state index contributed by atoms with van der Waals surface area (Å²) in [5.41, 5.74) is 0.570. The highest BCUT2D eigenvalue weighted by atomic mass is 19.4. The summed E-state index contributed by atoms with van der Waals surface area (Å²) in [5.74, 6) is 0.271. The second kappa shape index (κ2) is 8.63. The summed E-state index contributed by atoms with van der Waals surface area (Å²) in [6, 6.07) is 4.56. The van der Waals surface area contributed by atoms with Gasteiger partial charge in [-0.2, -0.15) is 13.2 Å². The number of benzene rings is 1. The van der Waals surface area contributed by atoms with Gasteiger partial charge in [-0.1, -0.05) is 22.4 Å². The molecule has 2 aromatic rings. The van der Waals surface area contributed by atoms with Gasteiger partial charge in [0.25, 0.3) is 0 Å². The minimum Gasteiger partial charge on any atom is -0.396 e. The van der Waals surface area contributed by atoms with Gasteiger partial charge >= 0.3 is 6.18 Å². The minimum absolute atomic E-state index is 0.0600. The van der Waals surface area contributed by atoms with E-state index in [2.05, 4.69) is 10.3 Å². The van der Waals surface area contributed by atoms with E-state index in [0.717, 1.165) is 12.1 Å². The first-order chi connectivity index (χ1) is 12.0. The fourth-order valence-corrected chi connectivity index (χ4v) is 1.97. The lowest BCUT2D eigenvalue weighted by Crippen LogP contribution is -2.04. The molecule has 0 fully saturated rings. The molecule has 0 unspecified atom stereocenters. The molecule has 0 saturated heterocycles. The third kappa shape index (κ3) is 5.04. The van der Waals surface area contributed by atoms with Crippen LogP contribution in [0.5, 0.6) is 0 Å². The number of halogens is 3. The number of hydrogen-bond donors (Lipinski definition) is 0. The van der Waals surface area contributed by atoms with Crippen molar-refractivity contribution in [3.8, 4) is 11.3 Å². The summed E-state index contributed by atoms with van der Waals surface area (Å²) in [6.45, 7) is 2.28. The minimum atomic E-state index is -4.40. The zero-order valence-corrected chi connectivity index (χ0v) is 13.7. The van der Waals surface area contributed by atoms with E-state index in [9.17, 15) is 13.2 Å². The molecule has 0 saturated carbocycles. The molecule has 1 aromatic carbocycles. The van der Waals surface area contributed by atoms with Gasteiger partial charge < -0.3 is 18.8 Å². The van der Waals surface area contributed by atoms with Crippen LogP contribution in [0.2, 0.25) is 0 Å². The number of alkyl halides is 3. The summed E-state index contributed by atoms with van der Waals surface area (Å²) in [7, 11) is 1.48. The number of rotatable bonds is 8. The molecule has 0 amide bonds. The second-order valence-corrected chi connectivity index (χ2v) is 4.85. The van der Waals surface area contributed by atoms with Gasteiger partial charge in [0.15, 0.2) is 5.76 Å². The highest BCUT2D eigenvalue weighted by Crippen LogP contribution is 2.32. The van der Waals surface area contributed by atoms with E-state index in [1.54, 1.807) is 6.92 Å². The second-order valence-electron chi connectivity index (χ2n) is 4.85. The Hall–Kier alpha value is -2.39. The predicted octanol–water partition coefficient (Wildman–Crippen LogP) is 3.85. The maximum absolute atomic E-state index is 12.7. The average molecular weight is 358 g/mol. The van der Waals surface area contributed by atoms with Crippen molar-refractivity contribution >= 4 is 6.21 Å². The molecule has 0 N–H and O–H groups in total. The predicted molar refractivity (Wildman–Crippen MR) is 82.8 cm³/mol. The van der Waals surface area contributed by atoms with Crippen molar-refractivity contribution in [3.05, 3.63) is 41.1 Å². The highest BCUT2D eigenvalue weighted by Gasteiger charge is 2.30. The lowest BCUT2D eigenvalue weighted by molar-refractivity contribution is -0.137. The summed E-state index contributed by atoms with van der Waals surface area (Å²) in [5, 5.41) is 7.66. The third-order valence-corrected chi connectivity index (χ3v) is 3.10. The van der Waals surface area contributed by atoms with Crippen LogP contribution in [0.4, 0.5) is 13.2 Å². The van der Waals surface area contributed by atoms with Crippen molar-refractivity contribution in [2.45, 2.75) is 19.7 Å². The number of ether oxygens (including phenoxy) is 2. The Balaban J connectivity index is 2.32. The van der Waals surface area contributed by atoms with Crippen LogP contribution in [-0.2, 0) is 27.1 Å². The van der Waals surface area contributed by atoms with Crippen LogP contribution < -0.4 is 0 Å². The van der Waals surface area contributed by atoms with Crippen LogP contribution >= 0.6 is 0 Å². The molecule has 0 aliphatic heterocycles. The number of nitrogens with zero attached hydrogens (tertiary/aromatic N) is 2. The van der Waals surface area contributed by atoms with Crippen LogP contribution in [-0.4, -0.2) is 31.9 Å². The van der Waals surface area contributed by atoms with Crippen LogP contribution in [0.1, 0.15) is 23.7 Å². The summed E-state index contributed by atoms with van der Waals surface area (Å²) >= 11 is 0. The maximum atomic E-state index is 12.7. The van der Waals surface area contributed by atoms with Gasteiger partial charge in [-0.3, -0.25) is 0 Å². The SMILES string of the molecule is CCO/N=C\c1c(COCOC)noc1-c1ccc(C(F)(F)F)cc1. The molecule has 0 atom stereocenters. The molecule has 0 radical (unpaired) electrons. The molecular formula is C16H17F3N2O4. The van der Waals surface area contributed by atoms with Crippen molar-refractivity contribution in [1.29, 1.82) is 0 Å². The number of aromatic nitrogens is 1. The summed E-state index contributed by atoms with van der Waals surface area (Å²) in [4.78, 5) is 4.93. The summed E-state index contributed by atoms with van der Waals surface area (Å²) < 4.78 is 53.3. The molecule has 6 nitrogen and oxygen atoms in total. The van der Waals surface area contributed by atoms with E-state index in [-0.39, 0.29) is 19.2 Å². The highest BCUT2D eigenvalue weighted by molar-refractivity contribution is 5.89. The van der Waals surface area contributed by atoms with Crippen molar-refractivity contribution in [2.24, 2.45) is 5.16 Å². The van der Waals surface area contributed by atoms with E-state index in [1.165, 1.54) is 25.5 Å². The van der Waals surface area contributed by atoms with Crippen molar-refractivity contribution in [1.82, 2.24) is 5.16 Å². The normalized spacial score (nSPS) is 12.0. The molecule has 0 aliphatic carbocycles. The lowest BCUT2D eigenvalue weighted by Gasteiger charge is -2.06. The molecule has 136 valence electrons.